The molecule has 0 spiro atoms. The lowest BCUT2D eigenvalue weighted by atomic mass is 10.0. The van der Waals surface area contributed by atoms with E-state index in [-0.39, 0.29) is 0 Å². The van der Waals surface area contributed by atoms with Crippen LogP contribution in [0.4, 0.5) is 34.1 Å². The van der Waals surface area contributed by atoms with E-state index in [2.05, 4.69) is 180 Å². The van der Waals surface area contributed by atoms with Gasteiger partial charge in [0.1, 0.15) is 33.4 Å². The molecule has 15 rings (SSSR count). The topological polar surface area (TPSA) is 71.7 Å². The zero-order valence-corrected chi connectivity index (χ0v) is 36.8. The number of anilines is 6. The molecule has 0 unspecified atom stereocenters. The second-order valence-electron chi connectivity index (χ2n) is 17.9. The molecule has 322 valence electrons. The highest BCUT2D eigenvalue weighted by Crippen LogP contribution is 2.44. The third-order valence-electron chi connectivity index (χ3n) is 13.8. The summed E-state index contributed by atoms with van der Waals surface area (Å²) in [6.07, 6.45) is 3.82. The predicted octanol–water partition coefficient (Wildman–Crippen LogP) is 17.7. The van der Waals surface area contributed by atoms with Crippen molar-refractivity contribution >= 4 is 143 Å². The molecule has 7 heteroatoms. The number of furan rings is 3. The summed E-state index contributed by atoms with van der Waals surface area (Å²) in [7, 11) is 0. The van der Waals surface area contributed by atoms with E-state index in [0.29, 0.717) is 22.2 Å². The zero-order valence-electron chi connectivity index (χ0n) is 36.8. The fourth-order valence-electron chi connectivity index (χ4n) is 10.5. The maximum atomic E-state index is 6.82. The smallest absolute Gasteiger partial charge is 0.157 e. The number of para-hydroxylation sites is 2. The minimum atomic E-state index is 0.626. The number of nitrogens with zero attached hydrogens (tertiary/aromatic N) is 4. The van der Waals surface area contributed by atoms with Gasteiger partial charge in [0.25, 0.3) is 0 Å². The first-order valence-electron chi connectivity index (χ1n) is 23.1. The molecule has 10 aromatic carbocycles. The van der Waals surface area contributed by atoms with Crippen molar-refractivity contribution < 1.29 is 13.3 Å². The second kappa shape index (κ2) is 14.5. The number of hydrogen-bond donors (Lipinski definition) is 0. The predicted molar refractivity (Wildman–Crippen MR) is 283 cm³/mol. The Morgan fingerprint density at radius 1 is 0.246 bits per heavy atom. The average Bonchev–Trinajstić information content (AvgIpc) is 4.08. The Morgan fingerprint density at radius 2 is 0.580 bits per heavy atom. The van der Waals surface area contributed by atoms with Crippen molar-refractivity contribution in [1.29, 1.82) is 0 Å². The molecule has 0 saturated carbocycles. The molecule has 0 amide bonds. The van der Waals surface area contributed by atoms with E-state index < -0.39 is 0 Å². The van der Waals surface area contributed by atoms with Crippen LogP contribution in [0, 0.1) is 0 Å². The number of benzene rings is 10. The van der Waals surface area contributed by atoms with E-state index in [9.17, 15) is 0 Å². The minimum absolute atomic E-state index is 0.626. The van der Waals surface area contributed by atoms with Gasteiger partial charge in [-0.25, -0.2) is 9.97 Å². The van der Waals surface area contributed by atoms with Crippen molar-refractivity contribution in [3.63, 3.8) is 0 Å². The van der Waals surface area contributed by atoms with Gasteiger partial charge in [0.15, 0.2) is 11.2 Å². The quantitative estimate of drug-likeness (QED) is 0.154. The fraction of sp³-hybridized carbons (Fsp3) is 0. The van der Waals surface area contributed by atoms with Crippen molar-refractivity contribution in [2.45, 2.75) is 0 Å². The van der Waals surface area contributed by atoms with Crippen LogP contribution in [0.3, 0.4) is 0 Å². The SMILES string of the molecule is c1ccc2cc3cc(N(c4ccc5c(c4)oc4ccccc45)c4cnc5c(c4)oc4cc(N(c6ccc7cc8ccccc8cc7c6)c6ccc7c(c6)oc6ccccc67)cnc45)ccc3cc2c1. The molecule has 0 aliphatic carbocycles. The summed E-state index contributed by atoms with van der Waals surface area (Å²) in [6, 6.07) is 72.5. The third-order valence-corrected chi connectivity index (χ3v) is 13.8. The van der Waals surface area contributed by atoms with Gasteiger partial charge in [-0.2, -0.15) is 0 Å². The van der Waals surface area contributed by atoms with Gasteiger partial charge in [-0.05, 0) is 128 Å². The Kier molecular flexibility index (Phi) is 7.94. The second-order valence-corrected chi connectivity index (χ2v) is 17.9. The van der Waals surface area contributed by atoms with Gasteiger partial charge in [-0.1, -0.05) is 97.1 Å². The Bertz CT molecular complexity index is 4310. The molecular weight excluding hydrogens is 849 g/mol. The summed E-state index contributed by atoms with van der Waals surface area (Å²) in [5.41, 5.74) is 11.4. The number of aromatic nitrogens is 2. The summed E-state index contributed by atoms with van der Waals surface area (Å²) in [4.78, 5) is 14.6. The molecule has 0 saturated heterocycles. The van der Waals surface area contributed by atoms with Crippen LogP contribution in [0.25, 0.3) is 109 Å². The minimum Gasteiger partial charge on any atom is -0.456 e. The lowest BCUT2D eigenvalue weighted by Crippen LogP contribution is -2.10. The van der Waals surface area contributed by atoms with Gasteiger partial charge < -0.3 is 23.1 Å². The van der Waals surface area contributed by atoms with Crippen LogP contribution in [-0.4, -0.2) is 9.97 Å². The monoisotopic (exact) mass is 884 g/mol. The van der Waals surface area contributed by atoms with Crippen LogP contribution >= 0.6 is 0 Å². The maximum absolute atomic E-state index is 6.82. The summed E-state index contributed by atoms with van der Waals surface area (Å²) >= 11 is 0. The number of rotatable bonds is 6. The Morgan fingerprint density at radius 3 is 1.04 bits per heavy atom. The molecule has 0 bridgehead atoms. The molecule has 7 nitrogen and oxygen atoms in total. The first kappa shape index (κ1) is 37.7. The lowest BCUT2D eigenvalue weighted by Gasteiger charge is -2.25. The molecule has 5 aromatic heterocycles. The molecular formula is C62H36N4O3. The largest absolute Gasteiger partial charge is 0.456 e. The molecule has 0 atom stereocenters. The highest BCUT2D eigenvalue weighted by atomic mass is 16.3. The van der Waals surface area contributed by atoms with Gasteiger partial charge in [-0.15, -0.1) is 0 Å². The average molecular weight is 885 g/mol. The number of pyridine rings is 2. The summed E-state index contributed by atoms with van der Waals surface area (Å²) in [5.74, 6) is 0. The third kappa shape index (κ3) is 6.00. The lowest BCUT2D eigenvalue weighted by molar-refractivity contribution is 0.667. The molecule has 15 aromatic rings. The van der Waals surface area contributed by atoms with Gasteiger partial charge in [-0.3, -0.25) is 0 Å². The van der Waals surface area contributed by atoms with Crippen LogP contribution in [0.5, 0.6) is 0 Å². The van der Waals surface area contributed by atoms with Gasteiger partial charge >= 0.3 is 0 Å². The standard InChI is InChI=1S/C62H36N4O3/c1-3-11-39-27-43-29-45(19-17-41(43)25-37(39)9-1)65(47-21-23-53-51-13-5-7-15-55(51)67-57(53)31-47)49-33-59-61(63-35-49)62-60(69-59)34-50(36-64-62)66(48-22-24-54-52-14-6-8-16-56(52)68-58(54)32-48)46-20-18-42-26-38-10-2-4-12-40(38)28-44(42)30-46/h1-36H. The summed E-state index contributed by atoms with van der Waals surface area (Å²) in [6.45, 7) is 0. The Hall–Kier alpha value is -9.46. The zero-order chi connectivity index (χ0) is 45.2. The summed E-state index contributed by atoms with van der Waals surface area (Å²) < 4.78 is 19.7. The van der Waals surface area contributed by atoms with E-state index in [1.807, 2.05) is 48.8 Å². The van der Waals surface area contributed by atoms with Crippen molar-refractivity contribution in [1.82, 2.24) is 9.97 Å². The fourth-order valence-corrected chi connectivity index (χ4v) is 10.5. The molecule has 0 aliphatic rings. The van der Waals surface area contributed by atoms with Crippen molar-refractivity contribution in [3.8, 4) is 0 Å². The molecule has 69 heavy (non-hydrogen) atoms. The van der Waals surface area contributed by atoms with Crippen LogP contribution in [0.15, 0.2) is 232 Å². The molecule has 0 fully saturated rings. The first-order valence-corrected chi connectivity index (χ1v) is 23.1. The van der Waals surface area contributed by atoms with Crippen molar-refractivity contribution in [2.24, 2.45) is 0 Å². The van der Waals surface area contributed by atoms with E-state index in [1.54, 1.807) is 0 Å². The molecule has 5 heterocycles. The van der Waals surface area contributed by atoms with E-state index >= 15 is 0 Å². The molecule has 0 aliphatic heterocycles. The van der Waals surface area contributed by atoms with E-state index in [0.717, 1.165) is 88.8 Å². The number of hydrogen-bond acceptors (Lipinski definition) is 7. The van der Waals surface area contributed by atoms with E-state index in [4.69, 9.17) is 23.2 Å². The molecule has 0 radical (unpaired) electrons. The van der Waals surface area contributed by atoms with Gasteiger partial charge in [0.05, 0.1) is 23.8 Å². The molecule has 0 N–H and O–H groups in total. The normalized spacial score (nSPS) is 12.1. The maximum Gasteiger partial charge on any atom is 0.157 e. The Labute approximate surface area is 393 Å². The van der Waals surface area contributed by atoms with Crippen molar-refractivity contribution in [2.75, 3.05) is 9.80 Å². The van der Waals surface area contributed by atoms with Crippen LogP contribution in [0.2, 0.25) is 0 Å². The van der Waals surface area contributed by atoms with Crippen LogP contribution in [0.1, 0.15) is 0 Å². The van der Waals surface area contributed by atoms with Gasteiger partial charge in [0, 0.05) is 68.6 Å². The van der Waals surface area contributed by atoms with Crippen molar-refractivity contribution in [3.05, 3.63) is 219 Å². The first-order chi connectivity index (χ1) is 34.1. The Balaban J connectivity index is 0.887. The van der Waals surface area contributed by atoms with E-state index in [1.165, 1.54) is 32.3 Å². The van der Waals surface area contributed by atoms with Crippen LogP contribution < -0.4 is 9.80 Å². The highest BCUT2D eigenvalue weighted by Gasteiger charge is 2.22. The highest BCUT2D eigenvalue weighted by molar-refractivity contribution is 6.09. The van der Waals surface area contributed by atoms with Crippen LogP contribution in [-0.2, 0) is 0 Å². The van der Waals surface area contributed by atoms with Gasteiger partial charge in [0.2, 0.25) is 0 Å². The summed E-state index contributed by atoms with van der Waals surface area (Å²) in [5, 5.41) is 13.7. The number of fused-ring (bicyclic) bond motifs is 13.